The van der Waals surface area contributed by atoms with E-state index in [0.717, 1.165) is 0 Å². The Morgan fingerprint density at radius 3 is 2.44 bits per heavy atom. The molecule has 0 aromatic rings. The second kappa shape index (κ2) is 4.62. The molecule has 1 aliphatic heterocycles. The molecule has 1 amide bonds. The molecule has 8 heteroatoms. The Morgan fingerprint density at radius 2 is 2.00 bits per heavy atom. The van der Waals surface area contributed by atoms with Crippen molar-refractivity contribution in [3.8, 4) is 0 Å². The lowest BCUT2D eigenvalue weighted by atomic mass is 9.93. The van der Waals surface area contributed by atoms with E-state index in [9.17, 15) is 15.0 Å². The molecule has 94 valence electrons. The zero-order valence-electron chi connectivity index (χ0n) is 8.83. The predicted octanol–water partition coefficient (Wildman–Crippen LogP) is -3.82. The number of carbonyl (C=O) groups excluding carboxylic acids is 1. The first-order valence-corrected chi connectivity index (χ1v) is 4.79. The number of carbonyl (C=O) groups is 1. The molecule has 0 spiro atoms. The van der Waals surface area contributed by atoms with Gasteiger partial charge in [-0.15, -0.1) is 0 Å². The topological polar surface area (TPSA) is 151 Å². The summed E-state index contributed by atoms with van der Waals surface area (Å²) in [7, 11) is 0. The first-order valence-electron chi connectivity index (χ1n) is 4.79. The lowest BCUT2D eigenvalue weighted by Crippen LogP contribution is -2.77. The Morgan fingerprint density at radius 1 is 1.44 bits per heavy atom. The molecule has 1 aliphatic rings. The maximum absolute atomic E-state index is 10.9. The number of rotatable bonds is 2. The standard InChI is InChI=1S/C8H17N3O5/c1-3(13)11-7-6(15)5(14)4(2-12)16-8(7,9)10/h4-7,12,14-15H,2,9-10H2,1H3,(H,11,13)/t4-,5-,6+,7-/m1/s1. The van der Waals surface area contributed by atoms with Gasteiger partial charge in [0.1, 0.15) is 24.4 Å². The average Bonchev–Trinajstić information content (AvgIpc) is 2.18. The van der Waals surface area contributed by atoms with Crippen LogP contribution in [-0.4, -0.2) is 58.0 Å². The van der Waals surface area contributed by atoms with Gasteiger partial charge in [-0.1, -0.05) is 0 Å². The van der Waals surface area contributed by atoms with Crippen LogP contribution in [0.4, 0.5) is 0 Å². The molecule has 0 radical (unpaired) electrons. The fourth-order valence-electron chi connectivity index (χ4n) is 1.65. The van der Waals surface area contributed by atoms with E-state index in [1.165, 1.54) is 6.92 Å². The van der Waals surface area contributed by atoms with Crippen LogP contribution in [0, 0.1) is 0 Å². The average molecular weight is 235 g/mol. The van der Waals surface area contributed by atoms with Gasteiger partial charge in [-0.05, 0) is 0 Å². The molecule has 16 heavy (non-hydrogen) atoms. The second-order valence-corrected chi connectivity index (χ2v) is 3.85. The van der Waals surface area contributed by atoms with Crippen LogP contribution in [0.5, 0.6) is 0 Å². The number of hydrogen-bond donors (Lipinski definition) is 6. The van der Waals surface area contributed by atoms with Crippen LogP contribution in [0.25, 0.3) is 0 Å². The molecule has 1 rings (SSSR count). The summed E-state index contributed by atoms with van der Waals surface area (Å²) in [6, 6.07) is -1.15. The highest BCUT2D eigenvalue weighted by Crippen LogP contribution is 2.22. The van der Waals surface area contributed by atoms with Crippen LogP contribution >= 0.6 is 0 Å². The van der Waals surface area contributed by atoms with Gasteiger partial charge in [-0.25, -0.2) is 0 Å². The monoisotopic (exact) mass is 235 g/mol. The van der Waals surface area contributed by atoms with E-state index < -0.39 is 42.7 Å². The third-order valence-corrected chi connectivity index (χ3v) is 2.45. The normalized spacial score (nSPS) is 38.1. The van der Waals surface area contributed by atoms with Gasteiger partial charge >= 0.3 is 0 Å². The zero-order chi connectivity index (χ0) is 12.5. The first-order chi connectivity index (χ1) is 7.29. The van der Waals surface area contributed by atoms with Crippen molar-refractivity contribution >= 4 is 5.91 Å². The Kier molecular flexibility index (Phi) is 3.84. The van der Waals surface area contributed by atoms with E-state index in [4.69, 9.17) is 21.3 Å². The van der Waals surface area contributed by atoms with Crippen LogP contribution in [0.1, 0.15) is 6.92 Å². The van der Waals surface area contributed by atoms with Gasteiger partial charge in [0.25, 0.3) is 0 Å². The van der Waals surface area contributed by atoms with E-state index in [2.05, 4.69) is 5.32 Å². The number of nitrogens with one attached hydrogen (secondary N) is 1. The largest absolute Gasteiger partial charge is 0.394 e. The maximum atomic E-state index is 10.9. The van der Waals surface area contributed by atoms with E-state index in [-0.39, 0.29) is 0 Å². The Hall–Kier alpha value is -0.770. The molecule has 0 aromatic heterocycles. The van der Waals surface area contributed by atoms with Crippen molar-refractivity contribution in [2.45, 2.75) is 37.1 Å². The molecule has 1 heterocycles. The molecular weight excluding hydrogens is 218 g/mol. The summed E-state index contributed by atoms with van der Waals surface area (Å²) in [5.74, 6) is -2.32. The number of ether oxygens (including phenoxy) is 1. The summed E-state index contributed by atoms with van der Waals surface area (Å²) in [4.78, 5) is 10.9. The number of aliphatic hydroxyl groups is 3. The second-order valence-electron chi connectivity index (χ2n) is 3.85. The van der Waals surface area contributed by atoms with Gasteiger partial charge < -0.3 is 25.4 Å². The first kappa shape index (κ1) is 13.3. The van der Waals surface area contributed by atoms with Crippen molar-refractivity contribution in [1.29, 1.82) is 0 Å². The van der Waals surface area contributed by atoms with Crippen molar-refractivity contribution in [2.75, 3.05) is 6.61 Å². The van der Waals surface area contributed by atoms with Gasteiger partial charge in [-0.2, -0.15) is 0 Å². The van der Waals surface area contributed by atoms with Gasteiger partial charge in [0.05, 0.1) is 6.61 Å². The van der Waals surface area contributed by atoms with E-state index >= 15 is 0 Å². The highest BCUT2D eigenvalue weighted by Gasteiger charge is 2.50. The van der Waals surface area contributed by atoms with Crippen LogP contribution in [0.3, 0.4) is 0 Å². The summed E-state index contributed by atoms with van der Waals surface area (Å²) in [5, 5.41) is 30.4. The van der Waals surface area contributed by atoms with E-state index in [1.807, 2.05) is 0 Å². The molecular formula is C8H17N3O5. The minimum absolute atomic E-state index is 0.470. The molecule has 1 saturated heterocycles. The summed E-state index contributed by atoms with van der Waals surface area (Å²) in [5.41, 5.74) is 11.1. The van der Waals surface area contributed by atoms with Crippen LogP contribution in [0.2, 0.25) is 0 Å². The van der Waals surface area contributed by atoms with Gasteiger partial charge in [0.2, 0.25) is 5.91 Å². The number of hydrogen-bond acceptors (Lipinski definition) is 7. The summed E-state index contributed by atoms with van der Waals surface area (Å²) < 4.78 is 5.00. The highest BCUT2D eigenvalue weighted by molar-refractivity contribution is 5.73. The lowest BCUT2D eigenvalue weighted by Gasteiger charge is -2.46. The molecule has 8 nitrogen and oxygen atoms in total. The maximum Gasteiger partial charge on any atom is 0.217 e. The fraction of sp³-hybridized carbons (Fsp3) is 0.875. The van der Waals surface area contributed by atoms with Crippen molar-refractivity contribution in [3.05, 3.63) is 0 Å². The highest BCUT2D eigenvalue weighted by atomic mass is 16.6. The zero-order valence-corrected chi connectivity index (χ0v) is 8.83. The molecule has 0 unspecified atom stereocenters. The minimum Gasteiger partial charge on any atom is -0.394 e. The number of aliphatic hydroxyl groups excluding tert-OH is 3. The van der Waals surface area contributed by atoms with E-state index in [0.29, 0.717) is 0 Å². The fourth-order valence-corrected chi connectivity index (χ4v) is 1.65. The minimum atomic E-state index is -1.85. The quantitative estimate of drug-likeness (QED) is 0.268. The SMILES string of the molecule is CC(=O)N[C@@H]1[C@@H](O)[C@H](O)[C@@H](CO)OC1(N)N. The molecule has 0 saturated carbocycles. The molecule has 8 N–H and O–H groups in total. The Balaban J connectivity index is 2.87. The summed E-state index contributed by atoms with van der Waals surface area (Å²) in [6.45, 7) is 0.675. The molecule has 0 aliphatic carbocycles. The van der Waals surface area contributed by atoms with Gasteiger partial charge in [-0.3, -0.25) is 16.3 Å². The van der Waals surface area contributed by atoms with Crippen molar-refractivity contribution in [2.24, 2.45) is 11.5 Å². The van der Waals surface area contributed by atoms with Gasteiger partial charge in [0.15, 0.2) is 5.85 Å². The summed E-state index contributed by atoms with van der Waals surface area (Å²) in [6.07, 6.45) is -3.87. The molecule has 1 fully saturated rings. The molecule has 0 aromatic carbocycles. The third-order valence-electron chi connectivity index (χ3n) is 2.45. The Bertz CT molecular complexity index is 272. The smallest absolute Gasteiger partial charge is 0.217 e. The molecule has 4 atom stereocenters. The number of amides is 1. The van der Waals surface area contributed by atoms with Gasteiger partial charge in [0, 0.05) is 6.92 Å². The van der Waals surface area contributed by atoms with Crippen LogP contribution in [-0.2, 0) is 9.53 Å². The third kappa shape index (κ3) is 2.48. The summed E-state index contributed by atoms with van der Waals surface area (Å²) >= 11 is 0. The lowest BCUT2D eigenvalue weighted by molar-refractivity contribution is -0.235. The molecule has 0 bridgehead atoms. The van der Waals surface area contributed by atoms with Crippen LogP contribution in [0.15, 0.2) is 0 Å². The van der Waals surface area contributed by atoms with E-state index in [1.54, 1.807) is 0 Å². The Labute approximate surface area is 92.2 Å². The van der Waals surface area contributed by atoms with Crippen LogP contribution < -0.4 is 16.8 Å². The predicted molar refractivity (Wildman–Crippen MR) is 52.7 cm³/mol. The van der Waals surface area contributed by atoms with Crippen molar-refractivity contribution < 1.29 is 24.9 Å². The number of nitrogens with two attached hydrogens (primary N) is 2. The van der Waals surface area contributed by atoms with Crippen molar-refractivity contribution in [3.63, 3.8) is 0 Å². The van der Waals surface area contributed by atoms with Crippen molar-refractivity contribution in [1.82, 2.24) is 5.32 Å².